The quantitative estimate of drug-likeness (QED) is 0.519. The van der Waals surface area contributed by atoms with Crippen LogP contribution < -0.4 is 20.9 Å². The van der Waals surface area contributed by atoms with Crippen LogP contribution in [0, 0.1) is 0 Å². The van der Waals surface area contributed by atoms with Gasteiger partial charge in [-0.1, -0.05) is 25.1 Å². The van der Waals surface area contributed by atoms with E-state index in [2.05, 4.69) is 9.97 Å². The molecule has 9 nitrogen and oxygen atoms in total. The molecule has 10 heteroatoms. The van der Waals surface area contributed by atoms with Gasteiger partial charge in [0.15, 0.2) is 11.6 Å². The average molecular weight is 424 g/mol. The number of sulfonamides is 1. The van der Waals surface area contributed by atoms with E-state index in [0.29, 0.717) is 49.7 Å². The maximum atomic E-state index is 12.0. The Morgan fingerprint density at radius 1 is 1.07 bits per heavy atom. The summed E-state index contributed by atoms with van der Waals surface area (Å²) in [5, 5.41) is 0. The van der Waals surface area contributed by atoms with E-state index in [1.165, 1.54) is 18.4 Å². The number of ether oxygens (including phenoxy) is 2. The Balaban J connectivity index is 1.88. The van der Waals surface area contributed by atoms with Crippen molar-refractivity contribution in [1.82, 2.24) is 14.3 Å². The van der Waals surface area contributed by atoms with Crippen LogP contribution in [0.3, 0.4) is 0 Å². The van der Waals surface area contributed by atoms with Gasteiger partial charge in [-0.05, 0) is 24.5 Å². The lowest BCUT2D eigenvalue weighted by Crippen LogP contribution is -2.26. The SMILES string of the molecule is CCc1nc(N)nc(N)c1OCCCOc1ccccc1CCS(=O)(=O)N(C)C. The highest BCUT2D eigenvalue weighted by atomic mass is 32.2. The van der Waals surface area contributed by atoms with Crippen molar-refractivity contribution in [1.29, 1.82) is 0 Å². The third-order valence-corrected chi connectivity index (χ3v) is 6.10. The molecule has 0 atom stereocenters. The number of aromatic nitrogens is 2. The molecular weight excluding hydrogens is 394 g/mol. The summed E-state index contributed by atoms with van der Waals surface area (Å²) in [6.07, 6.45) is 1.62. The molecule has 0 aliphatic rings. The highest BCUT2D eigenvalue weighted by molar-refractivity contribution is 7.89. The summed E-state index contributed by atoms with van der Waals surface area (Å²) < 4.78 is 36.8. The molecule has 1 aromatic carbocycles. The van der Waals surface area contributed by atoms with Gasteiger partial charge in [0.2, 0.25) is 16.0 Å². The molecule has 0 saturated heterocycles. The van der Waals surface area contributed by atoms with Gasteiger partial charge in [0.25, 0.3) is 0 Å². The number of nitrogen functional groups attached to an aromatic ring is 2. The van der Waals surface area contributed by atoms with Crippen LogP contribution in [0.1, 0.15) is 24.6 Å². The Hall–Kier alpha value is -2.59. The summed E-state index contributed by atoms with van der Waals surface area (Å²) in [5.74, 6) is 1.51. The second kappa shape index (κ2) is 10.3. The number of aryl methyl sites for hydroxylation is 2. The van der Waals surface area contributed by atoms with Crippen molar-refractivity contribution in [3.8, 4) is 11.5 Å². The van der Waals surface area contributed by atoms with Gasteiger partial charge in [-0.2, -0.15) is 4.98 Å². The fraction of sp³-hybridized carbons (Fsp3) is 0.474. The molecule has 0 fully saturated rings. The van der Waals surface area contributed by atoms with E-state index in [0.717, 1.165) is 5.56 Å². The number of nitrogens with two attached hydrogens (primary N) is 2. The second-order valence-electron chi connectivity index (χ2n) is 6.60. The van der Waals surface area contributed by atoms with Gasteiger partial charge in [-0.25, -0.2) is 17.7 Å². The van der Waals surface area contributed by atoms with Gasteiger partial charge in [-0.15, -0.1) is 0 Å². The molecule has 1 heterocycles. The first kappa shape index (κ1) is 22.7. The fourth-order valence-electron chi connectivity index (χ4n) is 2.62. The van der Waals surface area contributed by atoms with Crippen molar-refractivity contribution < 1.29 is 17.9 Å². The summed E-state index contributed by atoms with van der Waals surface area (Å²) >= 11 is 0. The third-order valence-electron chi connectivity index (χ3n) is 4.27. The van der Waals surface area contributed by atoms with Gasteiger partial charge in [-0.3, -0.25) is 0 Å². The molecule has 29 heavy (non-hydrogen) atoms. The van der Waals surface area contributed by atoms with E-state index in [1.54, 1.807) is 0 Å². The molecule has 0 saturated carbocycles. The van der Waals surface area contributed by atoms with Crippen LogP contribution in [-0.4, -0.2) is 55.8 Å². The first-order chi connectivity index (χ1) is 13.7. The van der Waals surface area contributed by atoms with Crippen molar-refractivity contribution in [2.24, 2.45) is 0 Å². The van der Waals surface area contributed by atoms with Gasteiger partial charge in [0.1, 0.15) is 5.75 Å². The zero-order valence-corrected chi connectivity index (χ0v) is 17.9. The van der Waals surface area contributed by atoms with E-state index in [9.17, 15) is 8.42 Å². The standard InChI is InChI=1S/C19H29N5O4S/c1-4-15-17(18(20)23-19(21)22-15)28-12-7-11-27-16-9-6-5-8-14(16)10-13-29(25,26)24(2)3/h5-6,8-9H,4,7,10-13H2,1-3H3,(H4,20,21,22,23). The van der Waals surface area contributed by atoms with Gasteiger partial charge in [0, 0.05) is 20.5 Å². The summed E-state index contributed by atoms with van der Waals surface area (Å²) in [4.78, 5) is 8.07. The maximum Gasteiger partial charge on any atom is 0.222 e. The first-order valence-corrected chi connectivity index (χ1v) is 11.0. The highest BCUT2D eigenvalue weighted by Gasteiger charge is 2.15. The van der Waals surface area contributed by atoms with E-state index in [-0.39, 0.29) is 17.5 Å². The minimum Gasteiger partial charge on any atom is -0.493 e. The zero-order valence-electron chi connectivity index (χ0n) is 17.1. The average Bonchev–Trinajstić information content (AvgIpc) is 2.67. The highest BCUT2D eigenvalue weighted by Crippen LogP contribution is 2.25. The molecule has 0 aliphatic carbocycles. The van der Waals surface area contributed by atoms with Crippen molar-refractivity contribution in [3.63, 3.8) is 0 Å². The molecule has 0 amide bonds. The van der Waals surface area contributed by atoms with Crippen molar-refractivity contribution in [2.75, 3.05) is 44.5 Å². The lowest BCUT2D eigenvalue weighted by Gasteiger charge is -2.15. The number of hydrogen-bond donors (Lipinski definition) is 2. The molecule has 2 rings (SSSR count). The molecule has 0 aliphatic heterocycles. The molecule has 0 spiro atoms. The number of nitrogens with zero attached hydrogens (tertiary/aromatic N) is 3. The number of rotatable bonds is 11. The molecular formula is C19H29N5O4S. The normalized spacial score (nSPS) is 11.6. The van der Waals surface area contributed by atoms with Crippen molar-refractivity contribution >= 4 is 21.8 Å². The fourth-order valence-corrected chi connectivity index (χ4v) is 3.46. The topological polar surface area (TPSA) is 134 Å². The van der Waals surface area contributed by atoms with Gasteiger partial charge < -0.3 is 20.9 Å². The molecule has 4 N–H and O–H groups in total. The Morgan fingerprint density at radius 2 is 1.76 bits per heavy atom. The van der Waals surface area contributed by atoms with E-state index in [1.807, 2.05) is 31.2 Å². The maximum absolute atomic E-state index is 12.0. The third kappa shape index (κ3) is 6.47. The molecule has 2 aromatic rings. The predicted octanol–water partition coefficient (Wildman–Crippen LogP) is 1.49. The van der Waals surface area contributed by atoms with Crippen molar-refractivity contribution in [2.45, 2.75) is 26.2 Å². The molecule has 0 unspecified atom stereocenters. The van der Waals surface area contributed by atoms with Gasteiger partial charge in [0.05, 0.1) is 24.7 Å². The Bertz CT molecular complexity index is 919. The van der Waals surface area contributed by atoms with E-state index < -0.39 is 10.0 Å². The number of anilines is 2. The monoisotopic (exact) mass is 423 g/mol. The lowest BCUT2D eigenvalue weighted by atomic mass is 10.1. The van der Waals surface area contributed by atoms with Crippen LogP contribution in [0.4, 0.5) is 11.8 Å². The van der Waals surface area contributed by atoms with Crippen molar-refractivity contribution in [3.05, 3.63) is 35.5 Å². The minimum atomic E-state index is -3.26. The zero-order chi connectivity index (χ0) is 21.4. The van der Waals surface area contributed by atoms with Gasteiger partial charge >= 0.3 is 0 Å². The number of benzene rings is 1. The van der Waals surface area contributed by atoms with E-state index in [4.69, 9.17) is 20.9 Å². The summed E-state index contributed by atoms with van der Waals surface area (Å²) in [5.41, 5.74) is 13.0. The molecule has 0 bridgehead atoms. The number of para-hydroxylation sites is 1. The second-order valence-corrected chi connectivity index (χ2v) is 8.91. The predicted molar refractivity (Wildman–Crippen MR) is 113 cm³/mol. The van der Waals surface area contributed by atoms with Crippen LogP contribution in [0.2, 0.25) is 0 Å². The summed E-state index contributed by atoms with van der Waals surface area (Å²) in [6, 6.07) is 7.43. The smallest absolute Gasteiger partial charge is 0.222 e. The minimum absolute atomic E-state index is 0.0275. The Labute approximate surface area is 172 Å². The molecule has 0 radical (unpaired) electrons. The summed E-state index contributed by atoms with van der Waals surface area (Å²) in [7, 11) is -0.205. The summed E-state index contributed by atoms with van der Waals surface area (Å²) in [6.45, 7) is 2.72. The van der Waals surface area contributed by atoms with Crippen LogP contribution in [0.5, 0.6) is 11.5 Å². The lowest BCUT2D eigenvalue weighted by molar-refractivity contribution is 0.245. The van der Waals surface area contributed by atoms with Crippen LogP contribution in [-0.2, 0) is 22.9 Å². The largest absolute Gasteiger partial charge is 0.493 e. The Kier molecular flexibility index (Phi) is 8.03. The number of hydrogen-bond acceptors (Lipinski definition) is 8. The van der Waals surface area contributed by atoms with Crippen LogP contribution in [0.25, 0.3) is 0 Å². The van der Waals surface area contributed by atoms with Crippen LogP contribution in [0.15, 0.2) is 24.3 Å². The van der Waals surface area contributed by atoms with Crippen LogP contribution >= 0.6 is 0 Å². The molecule has 160 valence electrons. The Morgan fingerprint density at radius 3 is 2.45 bits per heavy atom. The first-order valence-electron chi connectivity index (χ1n) is 9.40. The van der Waals surface area contributed by atoms with E-state index >= 15 is 0 Å². The molecule has 1 aromatic heterocycles.